The third-order valence-electron chi connectivity index (χ3n) is 4.03. The van der Waals surface area contributed by atoms with E-state index in [-0.39, 0.29) is 10.8 Å². The highest BCUT2D eigenvalue weighted by molar-refractivity contribution is 7.92. The minimum atomic E-state index is -3.60. The van der Waals surface area contributed by atoms with Crippen molar-refractivity contribution in [3.8, 4) is 0 Å². The van der Waals surface area contributed by atoms with Crippen LogP contribution in [0.1, 0.15) is 24.8 Å². The van der Waals surface area contributed by atoms with Crippen LogP contribution in [-0.2, 0) is 21.4 Å². The van der Waals surface area contributed by atoms with Gasteiger partial charge in [-0.05, 0) is 42.7 Å². The minimum absolute atomic E-state index is 0.163. The maximum Gasteiger partial charge on any atom is 0.261 e. The molecule has 0 radical (unpaired) electrons. The molecule has 5 nitrogen and oxygen atoms in total. The average Bonchev–Trinajstić information content (AvgIpc) is 2.58. The van der Waals surface area contributed by atoms with Crippen LogP contribution in [0.25, 0.3) is 0 Å². The van der Waals surface area contributed by atoms with Crippen molar-refractivity contribution in [2.75, 3.05) is 11.3 Å². The predicted molar refractivity (Wildman–Crippen MR) is 93.0 cm³/mol. The summed E-state index contributed by atoms with van der Waals surface area (Å²) in [6.45, 7) is 1.28. The second-order valence-electron chi connectivity index (χ2n) is 5.89. The van der Waals surface area contributed by atoms with Crippen LogP contribution in [0.4, 0.5) is 5.69 Å². The summed E-state index contributed by atoms with van der Waals surface area (Å²) in [5.74, 6) is 0.163. The van der Waals surface area contributed by atoms with Gasteiger partial charge < -0.3 is 4.90 Å². The Kier molecular flexibility index (Phi) is 4.85. The van der Waals surface area contributed by atoms with E-state index in [0.717, 1.165) is 24.9 Å². The van der Waals surface area contributed by atoms with Gasteiger partial charge in [-0.3, -0.25) is 9.52 Å². The summed E-state index contributed by atoms with van der Waals surface area (Å²) in [6.07, 6.45) is 2.57. The fraction of sp³-hybridized carbons (Fsp3) is 0.278. The normalized spacial score (nSPS) is 15.3. The summed E-state index contributed by atoms with van der Waals surface area (Å²) >= 11 is 0. The van der Waals surface area contributed by atoms with Crippen molar-refractivity contribution in [3.05, 3.63) is 60.2 Å². The van der Waals surface area contributed by atoms with Crippen LogP contribution >= 0.6 is 0 Å². The second-order valence-corrected chi connectivity index (χ2v) is 7.57. The molecule has 24 heavy (non-hydrogen) atoms. The van der Waals surface area contributed by atoms with Crippen LogP contribution in [0.2, 0.25) is 0 Å². The largest absolute Gasteiger partial charge is 0.338 e. The van der Waals surface area contributed by atoms with Crippen LogP contribution in [-0.4, -0.2) is 25.8 Å². The monoisotopic (exact) mass is 344 g/mol. The molecule has 1 heterocycles. The molecule has 1 amide bonds. The van der Waals surface area contributed by atoms with Crippen LogP contribution in [0, 0.1) is 0 Å². The highest BCUT2D eigenvalue weighted by Crippen LogP contribution is 2.19. The van der Waals surface area contributed by atoms with Crippen molar-refractivity contribution >= 4 is 21.6 Å². The van der Waals surface area contributed by atoms with Crippen molar-refractivity contribution in [2.45, 2.75) is 30.7 Å². The van der Waals surface area contributed by atoms with Crippen LogP contribution in [0.3, 0.4) is 0 Å². The average molecular weight is 344 g/mol. The standard InChI is InChI=1S/C18H20N2O3S/c21-18-11-4-5-12-20(18)14-15-7-6-8-16(13-15)19-24(22,23)17-9-2-1-3-10-17/h1-3,6-10,13,19H,4-5,11-12,14H2. The van der Waals surface area contributed by atoms with Gasteiger partial charge in [-0.2, -0.15) is 0 Å². The number of amides is 1. The highest BCUT2D eigenvalue weighted by atomic mass is 32.2. The maximum atomic E-state index is 12.4. The van der Waals surface area contributed by atoms with Crippen LogP contribution < -0.4 is 4.72 Å². The van der Waals surface area contributed by atoms with Crippen molar-refractivity contribution in [1.82, 2.24) is 4.90 Å². The lowest BCUT2D eigenvalue weighted by molar-refractivity contribution is -0.133. The predicted octanol–water partition coefficient (Wildman–Crippen LogP) is 3.00. The number of nitrogens with zero attached hydrogens (tertiary/aromatic N) is 1. The van der Waals surface area contributed by atoms with Gasteiger partial charge in [-0.1, -0.05) is 30.3 Å². The molecule has 1 fully saturated rings. The highest BCUT2D eigenvalue weighted by Gasteiger charge is 2.18. The number of piperidine rings is 1. The van der Waals surface area contributed by atoms with E-state index in [1.807, 2.05) is 11.0 Å². The molecule has 1 N–H and O–H groups in total. The van der Waals surface area contributed by atoms with Crippen molar-refractivity contribution in [3.63, 3.8) is 0 Å². The molecule has 0 spiro atoms. The number of sulfonamides is 1. The lowest BCUT2D eigenvalue weighted by Gasteiger charge is -2.26. The zero-order valence-electron chi connectivity index (χ0n) is 13.3. The number of carbonyl (C=O) groups excluding carboxylic acids is 1. The Bertz CT molecular complexity index is 819. The first-order valence-corrected chi connectivity index (χ1v) is 9.47. The lowest BCUT2D eigenvalue weighted by atomic mass is 10.1. The molecule has 2 aromatic rings. The van der Waals surface area contributed by atoms with Crippen molar-refractivity contribution in [1.29, 1.82) is 0 Å². The number of hydrogen-bond donors (Lipinski definition) is 1. The summed E-state index contributed by atoms with van der Waals surface area (Å²) in [5, 5.41) is 0. The first-order valence-electron chi connectivity index (χ1n) is 7.99. The van der Waals surface area contributed by atoms with E-state index in [9.17, 15) is 13.2 Å². The Morgan fingerprint density at radius 2 is 1.79 bits per heavy atom. The molecule has 3 rings (SSSR count). The van der Waals surface area contributed by atoms with E-state index in [4.69, 9.17) is 0 Å². The molecular weight excluding hydrogens is 324 g/mol. The topological polar surface area (TPSA) is 66.5 Å². The quantitative estimate of drug-likeness (QED) is 0.907. The SMILES string of the molecule is O=C1CCCCN1Cc1cccc(NS(=O)(=O)c2ccccc2)c1. The molecule has 0 saturated carbocycles. The van der Waals surface area contributed by atoms with E-state index in [2.05, 4.69) is 4.72 Å². The molecule has 0 atom stereocenters. The van der Waals surface area contributed by atoms with Gasteiger partial charge in [0.2, 0.25) is 5.91 Å². The van der Waals surface area contributed by atoms with E-state index in [1.165, 1.54) is 0 Å². The van der Waals surface area contributed by atoms with Crippen LogP contribution in [0.5, 0.6) is 0 Å². The van der Waals surface area contributed by atoms with E-state index in [0.29, 0.717) is 18.7 Å². The number of rotatable bonds is 5. The fourth-order valence-corrected chi connectivity index (χ4v) is 3.87. The van der Waals surface area contributed by atoms with Gasteiger partial charge in [0.1, 0.15) is 0 Å². The lowest BCUT2D eigenvalue weighted by Crippen LogP contribution is -2.34. The molecule has 1 saturated heterocycles. The Hall–Kier alpha value is -2.34. The fourth-order valence-electron chi connectivity index (χ4n) is 2.80. The molecule has 6 heteroatoms. The number of benzene rings is 2. The van der Waals surface area contributed by atoms with Gasteiger partial charge >= 0.3 is 0 Å². The Balaban J connectivity index is 1.75. The van der Waals surface area contributed by atoms with E-state index < -0.39 is 10.0 Å². The number of carbonyl (C=O) groups is 1. The van der Waals surface area contributed by atoms with E-state index >= 15 is 0 Å². The molecule has 126 valence electrons. The first kappa shape index (κ1) is 16.5. The Morgan fingerprint density at radius 3 is 2.54 bits per heavy atom. The zero-order valence-corrected chi connectivity index (χ0v) is 14.1. The zero-order chi connectivity index (χ0) is 17.0. The van der Waals surface area contributed by atoms with Crippen LogP contribution in [0.15, 0.2) is 59.5 Å². The summed E-state index contributed by atoms with van der Waals surface area (Å²) in [6, 6.07) is 15.4. The summed E-state index contributed by atoms with van der Waals surface area (Å²) < 4.78 is 27.4. The van der Waals surface area contributed by atoms with Gasteiger partial charge in [0.25, 0.3) is 10.0 Å². The van der Waals surface area contributed by atoms with Crippen molar-refractivity contribution in [2.24, 2.45) is 0 Å². The molecule has 2 aromatic carbocycles. The third-order valence-corrected chi connectivity index (χ3v) is 5.42. The third kappa shape index (κ3) is 3.94. The molecule has 1 aliphatic rings. The van der Waals surface area contributed by atoms with Gasteiger partial charge in [0, 0.05) is 25.2 Å². The molecule has 0 aliphatic carbocycles. The first-order chi connectivity index (χ1) is 11.5. The smallest absolute Gasteiger partial charge is 0.261 e. The number of likely N-dealkylation sites (tertiary alicyclic amines) is 1. The summed E-state index contributed by atoms with van der Waals surface area (Å²) in [7, 11) is -3.60. The maximum absolute atomic E-state index is 12.4. The Morgan fingerprint density at radius 1 is 1.00 bits per heavy atom. The van der Waals surface area contributed by atoms with Gasteiger partial charge in [-0.15, -0.1) is 0 Å². The molecule has 0 aromatic heterocycles. The van der Waals surface area contributed by atoms with Gasteiger partial charge in [0.05, 0.1) is 4.90 Å². The second kappa shape index (κ2) is 7.05. The Labute approximate surface area is 142 Å². The summed E-state index contributed by atoms with van der Waals surface area (Å²) in [5.41, 5.74) is 1.42. The summed E-state index contributed by atoms with van der Waals surface area (Å²) in [4.78, 5) is 14.0. The van der Waals surface area contributed by atoms with E-state index in [1.54, 1.807) is 48.5 Å². The molecule has 0 unspecified atom stereocenters. The molecule has 0 bridgehead atoms. The van der Waals surface area contributed by atoms with Gasteiger partial charge in [0.15, 0.2) is 0 Å². The minimum Gasteiger partial charge on any atom is -0.338 e. The molecular formula is C18H20N2O3S. The number of hydrogen-bond acceptors (Lipinski definition) is 3. The number of nitrogens with one attached hydrogen (secondary N) is 1. The van der Waals surface area contributed by atoms with Gasteiger partial charge in [-0.25, -0.2) is 8.42 Å². The molecule has 1 aliphatic heterocycles. The number of anilines is 1. The van der Waals surface area contributed by atoms with Crippen molar-refractivity contribution < 1.29 is 13.2 Å².